The van der Waals surface area contributed by atoms with E-state index in [1.165, 1.54) is 32.1 Å². The fourth-order valence-electron chi connectivity index (χ4n) is 3.52. The number of carboxylic acid groups (broad SMARTS) is 1. The maximum atomic E-state index is 12.1. The topological polar surface area (TPSA) is 57.6 Å². The Bertz CT molecular complexity index is 363. The second-order valence-corrected chi connectivity index (χ2v) is 6.83. The maximum absolute atomic E-state index is 12.1. The van der Waals surface area contributed by atoms with E-state index in [1.54, 1.807) is 11.8 Å². The molecule has 1 atom stereocenters. The van der Waals surface area contributed by atoms with E-state index in [9.17, 15) is 14.7 Å². The molecule has 1 unspecified atom stereocenters. The molecule has 0 aromatic carbocycles. The molecule has 0 aromatic heterocycles. The molecule has 1 saturated carbocycles. The number of carbonyl (C=O) groups is 2. The van der Waals surface area contributed by atoms with Crippen molar-refractivity contribution >= 4 is 11.9 Å². The zero-order chi connectivity index (χ0) is 14.6. The number of amides is 1. The Labute approximate surface area is 121 Å². The third kappa shape index (κ3) is 3.74. The van der Waals surface area contributed by atoms with Gasteiger partial charge < -0.3 is 10.0 Å². The first-order valence-electron chi connectivity index (χ1n) is 8.02. The number of hydrogen-bond donors (Lipinski definition) is 1. The van der Waals surface area contributed by atoms with Gasteiger partial charge in [0.2, 0.25) is 5.91 Å². The van der Waals surface area contributed by atoms with Crippen molar-refractivity contribution in [3.05, 3.63) is 0 Å². The van der Waals surface area contributed by atoms with E-state index in [4.69, 9.17) is 0 Å². The Morgan fingerprint density at radius 3 is 2.55 bits per heavy atom. The summed E-state index contributed by atoms with van der Waals surface area (Å²) in [4.78, 5) is 25.0. The summed E-state index contributed by atoms with van der Waals surface area (Å²) in [6, 6.07) is 0. The largest absolute Gasteiger partial charge is 0.481 e. The second-order valence-electron chi connectivity index (χ2n) is 6.83. The van der Waals surface area contributed by atoms with Crippen LogP contribution in [-0.2, 0) is 9.59 Å². The summed E-state index contributed by atoms with van der Waals surface area (Å²) in [5.74, 6) is 0.181. The van der Waals surface area contributed by atoms with Gasteiger partial charge in [0, 0.05) is 19.5 Å². The summed E-state index contributed by atoms with van der Waals surface area (Å²) in [5.41, 5.74) is -0.737. The lowest BCUT2D eigenvalue weighted by atomic mass is 9.86. The van der Waals surface area contributed by atoms with Gasteiger partial charge in [-0.2, -0.15) is 0 Å². The predicted octanol–water partition coefficient (Wildman–Crippen LogP) is 3.06. The van der Waals surface area contributed by atoms with E-state index >= 15 is 0 Å². The van der Waals surface area contributed by atoms with E-state index < -0.39 is 11.4 Å². The second kappa shape index (κ2) is 6.59. The van der Waals surface area contributed by atoms with Crippen LogP contribution in [0.25, 0.3) is 0 Å². The summed E-state index contributed by atoms with van der Waals surface area (Å²) in [6.45, 7) is 2.72. The van der Waals surface area contributed by atoms with Crippen LogP contribution in [0.3, 0.4) is 0 Å². The average Bonchev–Trinajstić information content (AvgIpc) is 2.84. The molecule has 1 amide bonds. The number of carbonyl (C=O) groups excluding carboxylic acids is 1. The molecule has 0 radical (unpaired) electrons. The molecule has 20 heavy (non-hydrogen) atoms. The van der Waals surface area contributed by atoms with Gasteiger partial charge in [0.05, 0.1) is 5.41 Å². The lowest BCUT2D eigenvalue weighted by Gasteiger charge is -2.22. The van der Waals surface area contributed by atoms with Crippen LogP contribution in [0.1, 0.15) is 64.7 Å². The van der Waals surface area contributed by atoms with Gasteiger partial charge in [-0.15, -0.1) is 0 Å². The monoisotopic (exact) mass is 281 g/mol. The van der Waals surface area contributed by atoms with Crippen LogP contribution in [-0.4, -0.2) is 35.0 Å². The molecule has 1 N–H and O–H groups in total. The van der Waals surface area contributed by atoms with E-state index in [0.29, 0.717) is 25.9 Å². The van der Waals surface area contributed by atoms with Gasteiger partial charge >= 0.3 is 5.97 Å². The standard InChI is InChI=1S/C16H27NO3/c1-16(15(19)20)10-11-17(12-16)14(18)9-5-8-13-6-3-2-4-7-13/h13H,2-12H2,1H3,(H,19,20). The van der Waals surface area contributed by atoms with Crippen LogP contribution in [0, 0.1) is 11.3 Å². The van der Waals surface area contributed by atoms with Crippen molar-refractivity contribution in [3.8, 4) is 0 Å². The van der Waals surface area contributed by atoms with Crippen molar-refractivity contribution in [2.45, 2.75) is 64.7 Å². The molecule has 0 spiro atoms. The number of likely N-dealkylation sites (tertiary alicyclic amines) is 1. The summed E-state index contributed by atoms with van der Waals surface area (Å²) >= 11 is 0. The van der Waals surface area contributed by atoms with Crippen LogP contribution < -0.4 is 0 Å². The van der Waals surface area contributed by atoms with E-state index in [0.717, 1.165) is 18.8 Å². The highest BCUT2D eigenvalue weighted by molar-refractivity contribution is 5.80. The van der Waals surface area contributed by atoms with Gasteiger partial charge in [-0.25, -0.2) is 0 Å². The first-order chi connectivity index (χ1) is 9.51. The van der Waals surface area contributed by atoms with Crippen LogP contribution in [0.5, 0.6) is 0 Å². The highest BCUT2D eigenvalue weighted by atomic mass is 16.4. The highest BCUT2D eigenvalue weighted by Gasteiger charge is 2.41. The van der Waals surface area contributed by atoms with Crippen molar-refractivity contribution < 1.29 is 14.7 Å². The van der Waals surface area contributed by atoms with Crippen molar-refractivity contribution in [1.82, 2.24) is 4.90 Å². The molecule has 2 aliphatic rings. The molecule has 0 aromatic rings. The van der Waals surface area contributed by atoms with Gasteiger partial charge in [-0.05, 0) is 32.1 Å². The van der Waals surface area contributed by atoms with Gasteiger partial charge in [-0.1, -0.05) is 32.1 Å². The molecule has 2 rings (SSSR count). The molecule has 4 nitrogen and oxygen atoms in total. The summed E-state index contributed by atoms with van der Waals surface area (Å²) in [7, 11) is 0. The molecule has 114 valence electrons. The summed E-state index contributed by atoms with van der Waals surface area (Å²) < 4.78 is 0. The summed E-state index contributed by atoms with van der Waals surface area (Å²) in [5, 5.41) is 9.18. The highest BCUT2D eigenvalue weighted by Crippen LogP contribution is 2.31. The molecule has 1 saturated heterocycles. The first-order valence-corrected chi connectivity index (χ1v) is 8.02. The Kier molecular flexibility index (Phi) is 5.06. The maximum Gasteiger partial charge on any atom is 0.311 e. The van der Waals surface area contributed by atoms with Gasteiger partial charge in [0.25, 0.3) is 0 Å². The number of hydrogen-bond acceptors (Lipinski definition) is 2. The molecule has 4 heteroatoms. The molecular formula is C16H27NO3. The Morgan fingerprint density at radius 2 is 1.95 bits per heavy atom. The van der Waals surface area contributed by atoms with Gasteiger partial charge in [0.1, 0.15) is 0 Å². The number of carboxylic acids is 1. The minimum absolute atomic E-state index is 0.144. The predicted molar refractivity (Wildman–Crippen MR) is 77.4 cm³/mol. The minimum atomic E-state index is -0.782. The Hall–Kier alpha value is -1.06. The van der Waals surface area contributed by atoms with Crippen molar-refractivity contribution in [1.29, 1.82) is 0 Å². The van der Waals surface area contributed by atoms with Crippen LogP contribution in [0.2, 0.25) is 0 Å². The third-order valence-electron chi connectivity index (χ3n) is 5.07. The SMILES string of the molecule is CC1(C(=O)O)CCN(C(=O)CCCC2CCCCC2)C1. The Morgan fingerprint density at radius 1 is 1.25 bits per heavy atom. The zero-order valence-corrected chi connectivity index (χ0v) is 12.6. The molecule has 2 fully saturated rings. The summed E-state index contributed by atoms with van der Waals surface area (Å²) in [6.07, 6.45) is 10.0. The van der Waals surface area contributed by atoms with Gasteiger partial charge in [0.15, 0.2) is 0 Å². The Balaban J connectivity index is 1.69. The average molecular weight is 281 g/mol. The fourth-order valence-corrected chi connectivity index (χ4v) is 3.52. The number of aliphatic carboxylic acids is 1. The first kappa shape index (κ1) is 15.3. The van der Waals surface area contributed by atoms with E-state index in [2.05, 4.69) is 0 Å². The third-order valence-corrected chi connectivity index (χ3v) is 5.07. The quantitative estimate of drug-likeness (QED) is 0.842. The van der Waals surface area contributed by atoms with E-state index in [-0.39, 0.29) is 5.91 Å². The van der Waals surface area contributed by atoms with Gasteiger partial charge in [-0.3, -0.25) is 9.59 Å². The molecule has 1 aliphatic carbocycles. The van der Waals surface area contributed by atoms with Crippen molar-refractivity contribution in [3.63, 3.8) is 0 Å². The molecule has 1 heterocycles. The zero-order valence-electron chi connectivity index (χ0n) is 12.6. The molecule has 0 bridgehead atoms. The lowest BCUT2D eigenvalue weighted by molar-refractivity contribution is -0.147. The van der Waals surface area contributed by atoms with Crippen molar-refractivity contribution in [2.24, 2.45) is 11.3 Å². The minimum Gasteiger partial charge on any atom is -0.481 e. The van der Waals surface area contributed by atoms with Crippen LogP contribution in [0.15, 0.2) is 0 Å². The fraction of sp³-hybridized carbons (Fsp3) is 0.875. The number of rotatable bonds is 5. The smallest absolute Gasteiger partial charge is 0.311 e. The molecule has 1 aliphatic heterocycles. The van der Waals surface area contributed by atoms with Crippen molar-refractivity contribution in [2.75, 3.05) is 13.1 Å². The lowest BCUT2D eigenvalue weighted by Crippen LogP contribution is -2.34. The molecular weight excluding hydrogens is 254 g/mol. The normalized spacial score (nSPS) is 27.8. The van der Waals surface area contributed by atoms with Crippen LogP contribution >= 0.6 is 0 Å². The number of nitrogens with zero attached hydrogens (tertiary/aromatic N) is 1. The van der Waals surface area contributed by atoms with Crippen LogP contribution in [0.4, 0.5) is 0 Å². The van der Waals surface area contributed by atoms with E-state index in [1.807, 2.05) is 0 Å².